The summed E-state index contributed by atoms with van der Waals surface area (Å²) in [5.74, 6) is -0.406. The molecular formula is C20H20FN3O. The van der Waals surface area contributed by atoms with Gasteiger partial charge in [0.1, 0.15) is 5.82 Å². The number of rotatable bonds is 5. The molecule has 0 aliphatic rings. The van der Waals surface area contributed by atoms with Crippen LogP contribution < -0.4 is 5.32 Å². The van der Waals surface area contributed by atoms with Crippen molar-refractivity contribution in [1.82, 2.24) is 15.3 Å². The number of aromatic nitrogens is 2. The van der Waals surface area contributed by atoms with Crippen LogP contribution in [0.1, 0.15) is 22.4 Å². The topological polar surface area (TPSA) is 57.8 Å². The van der Waals surface area contributed by atoms with Crippen molar-refractivity contribution in [2.24, 2.45) is 0 Å². The maximum atomic E-state index is 14.0. The van der Waals surface area contributed by atoms with E-state index in [0.29, 0.717) is 18.5 Å². The second kappa shape index (κ2) is 7.30. The Hall–Kier alpha value is -2.95. The molecule has 25 heavy (non-hydrogen) atoms. The molecule has 2 N–H and O–H groups in total. The Morgan fingerprint density at radius 2 is 2.00 bits per heavy atom. The molecule has 1 amide bonds. The SMILES string of the molecule is Cc1[nH]c2c(F)ccc(C)c2c1CCNC(=O)C=Cc1ccncc1. The zero-order valence-electron chi connectivity index (χ0n) is 14.3. The van der Waals surface area contributed by atoms with E-state index >= 15 is 0 Å². The quantitative estimate of drug-likeness (QED) is 0.698. The molecule has 1 aromatic carbocycles. The lowest BCUT2D eigenvalue weighted by Crippen LogP contribution is -2.23. The van der Waals surface area contributed by atoms with Crippen molar-refractivity contribution < 1.29 is 9.18 Å². The Balaban J connectivity index is 1.65. The first-order valence-corrected chi connectivity index (χ1v) is 8.18. The third-order valence-electron chi connectivity index (χ3n) is 4.24. The van der Waals surface area contributed by atoms with E-state index in [4.69, 9.17) is 0 Å². The molecule has 0 aliphatic carbocycles. The normalized spacial score (nSPS) is 11.3. The Labute approximate surface area is 145 Å². The summed E-state index contributed by atoms with van der Waals surface area (Å²) in [6, 6.07) is 6.92. The first-order chi connectivity index (χ1) is 12.1. The number of nitrogens with one attached hydrogen (secondary N) is 2. The molecule has 0 radical (unpaired) electrons. The molecule has 0 unspecified atom stereocenters. The number of hydrogen-bond acceptors (Lipinski definition) is 2. The highest BCUT2D eigenvalue weighted by molar-refractivity contribution is 5.92. The summed E-state index contributed by atoms with van der Waals surface area (Å²) >= 11 is 0. The van der Waals surface area contributed by atoms with Gasteiger partial charge in [-0.3, -0.25) is 9.78 Å². The van der Waals surface area contributed by atoms with Crippen LogP contribution in [-0.4, -0.2) is 22.4 Å². The molecule has 3 aromatic rings. The molecule has 2 heterocycles. The van der Waals surface area contributed by atoms with Crippen LogP contribution in [-0.2, 0) is 11.2 Å². The van der Waals surface area contributed by atoms with Gasteiger partial charge in [0, 0.05) is 36.1 Å². The van der Waals surface area contributed by atoms with Crippen molar-refractivity contribution in [1.29, 1.82) is 0 Å². The van der Waals surface area contributed by atoms with Crippen LogP contribution in [0, 0.1) is 19.7 Å². The van der Waals surface area contributed by atoms with Crippen LogP contribution in [0.25, 0.3) is 17.0 Å². The number of aryl methyl sites for hydroxylation is 2. The number of fused-ring (bicyclic) bond motifs is 1. The molecule has 0 spiro atoms. The summed E-state index contributed by atoms with van der Waals surface area (Å²) < 4.78 is 14.0. The summed E-state index contributed by atoms with van der Waals surface area (Å²) in [7, 11) is 0. The van der Waals surface area contributed by atoms with Crippen LogP contribution >= 0.6 is 0 Å². The number of hydrogen-bond donors (Lipinski definition) is 2. The number of H-pyrrole nitrogens is 1. The van der Waals surface area contributed by atoms with Crippen molar-refractivity contribution in [3.8, 4) is 0 Å². The highest BCUT2D eigenvalue weighted by Crippen LogP contribution is 2.27. The van der Waals surface area contributed by atoms with Crippen molar-refractivity contribution in [2.45, 2.75) is 20.3 Å². The van der Waals surface area contributed by atoms with Crippen LogP contribution in [0.3, 0.4) is 0 Å². The van der Waals surface area contributed by atoms with Gasteiger partial charge in [0.25, 0.3) is 0 Å². The van der Waals surface area contributed by atoms with E-state index in [1.165, 1.54) is 12.1 Å². The number of nitrogens with zero attached hydrogens (tertiary/aromatic N) is 1. The maximum absolute atomic E-state index is 14.0. The van der Waals surface area contributed by atoms with Gasteiger partial charge in [-0.25, -0.2) is 4.39 Å². The van der Waals surface area contributed by atoms with Gasteiger partial charge in [0.05, 0.1) is 5.52 Å². The van der Waals surface area contributed by atoms with Gasteiger partial charge in [-0.05, 0) is 61.2 Å². The number of pyridine rings is 1. The standard InChI is InChI=1S/C20H20FN3O/c1-13-3-5-17(21)20-19(13)16(14(2)24-20)9-12-23-18(25)6-4-15-7-10-22-11-8-15/h3-8,10-11,24H,9,12H2,1-2H3,(H,23,25). The fraction of sp³-hybridized carbons (Fsp3) is 0.200. The van der Waals surface area contributed by atoms with Crippen LogP contribution in [0.4, 0.5) is 4.39 Å². The predicted octanol–water partition coefficient (Wildman–Crippen LogP) is 3.69. The van der Waals surface area contributed by atoms with Crippen molar-refractivity contribution in [3.05, 3.63) is 70.9 Å². The molecule has 4 nitrogen and oxygen atoms in total. The zero-order valence-corrected chi connectivity index (χ0v) is 14.3. The molecule has 3 rings (SSSR count). The maximum Gasteiger partial charge on any atom is 0.244 e. The molecule has 0 saturated carbocycles. The summed E-state index contributed by atoms with van der Waals surface area (Å²) in [4.78, 5) is 19.0. The third-order valence-corrected chi connectivity index (χ3v) is 4.24. The second-order valence-electron chi connectivity index (χ2n) is 6.00. The monoisotopic (exact) mass is 337 g/mol. The van der Waals surface area contributed by atoms with E-state index in [1.54, 1.807) is 24.5 Å². The van der Waals surface area contributed by atoms with E-state index in [-0.39, 0.29) is 11.7 Å². The molecule has 128 valence electrons. The third kappa shape index (κ3) is 3.76. The van der Waals surface area contributed by atoms with Gasteiger partial charge in [0.15, 0.2) is 0 Å². The van der Waals surface area contributed by atoms with Gasteiger partial charge in [0.2, 0.25) is 5.91 Å². The van der Waals surface area contributed by atoms with Gasteiger partial charge in [-0.1, -0.05) is 6.07 Å². The Morgan fingerprint density at radius 3 is 2.76 bits per heavy atom. The minimum atomic E-state index is -0.251. The number of aromatic amines is 1. The number of carbonyl (C=O) groups is 1. The van der Waals surface area contributed by atoms with Crippen molar-refractivity contribution in [3.63, 3.8) is 0 Å². The lowest BCUT2D eigenvalue weighted by molar-refractivity contribution is -0.116. The molecule has 0 saturated heterocycles. The Bertz CT molecular complexity index is 929. The fourth-order valence-corrected chi connectivity index (χ4v) is 2.97. The average molecular weight is 337 g/mol. The van der Waals surface area contributed by atoms with Gasteiger partial charge < -0.3 is 10.3 Å². The number of amides is 1. The minimum absolute atomic E-state index is 0.155. The Kier molecular flexibility index (Phi) is 4.93. The summed E-state index contributed by atoms with van der Waals surface area (Å²) in [5.41, 5.74) is 4.47. The average Bonchev–Trinajstić information content (AvgIpc) is 2.95. The first-order valence-electron chi connectivity index (χ1n) is 8.18. The number of halogens is 1. The molecule has 5 heteroatoms. The minimum Gasteiger partial charge on any atom is -0.356 e. The Morgan fingerprint density at radius 1 is 1.24 bits per heavy atom. The van der Waals surface area contributed by atoms with E-state index in [1.807, 2.05) is 26.0 Å². The van der Waals surface area contributed by atoms with Crippen molar-refractivity contribution >= 4 is 22.9 Å². The molecule has 2 aromatic heterocycles. The first kappa shape index (κ1) is 16.9. The zero-order chi connectivity index (χ0) is 17.8. The van der Waals surface area contributed by atoms with Gasteiger partial charge in [-0.2, -0.15) is 0 Å². The second-order valence-corrected chi connectivity index (χ2v) is 6.00. The fourth-order valence-electron chi connectivity index (χ4n) is 2.97. The summed E-state index contributed by atoms with van der Waals surface area (Å²) in [6.45, 7) is 4.39. The predicted molar refractivity (Wildman–Crippen MR) is 97.7 cm³/mol. The van der Waals surface area contributed by atoms with E-state index in [2.05, 4.69) is 15.3 Å². The highest BCUT2D eigenvalue weighted by Gasteiger charge is 2.13. The molecular weight excluding hydrogens is 317 g/mol. The molecule has 0 bridgehead atoms. The number of benzene rings is 1. The summed E-state index contributed by atoms with van der Waals surface area (Å²) in [6.07, 6.45) is 7.25. The van der Waals surface area contributed by atoms with E-state index < -0.39 is 0 Å². The lowest BCUT2D eigenvalue weighted by atomic mass is 10.0. The molecule has 0 atom stereocenters. The molecule has 0 fully saturated rings. The van der Waals surface area contributed by atoms with Crippen LogP contribution in [0.15, 0.2) is 42.7 Å². The smallest absolute Gasteiger partial charge is 0.244 e. The van der Waals surface area contributed by atoms with Gasteiger partial charge >= 0.3 is 0 Å². The van der Waals surface area contributed by atoms with Crippen LogP contribution in [0.2, 0.25) is 0 Å². The number of carbonyl (C=O) groups excluding carboxylic acids is 1. The van der Waals surface area contributed by atoms with Crippen LogP contribution in [0.5, 0.6) is 0 Å². The molecule has 0 aliphatic heterocycles. The van der Waals surface area contributed by atoms with Crippen molar-refractivity contribution in [2.75, 3.05) is 6.54 Å². The largest absolute Gasteiger partial charge is 0.356 e. The highest BCUT2D eigenvalue weighted by atomic mass is 19.1. The van der Waals surface area contributed by atoms with E-state index in [0.717, 1.165) is 27.8 Å². The van der Waals surface area contributed by atoms with Gasteiger partial charge in [-0.15, -0.1) is 0 Å². The summed E-state index contributed by atoms with van der Waals surface area (Å²) in [5, 5.41) is 3.78. The van der Waals surface area contributed by atoms with E-state index in [9.17, 15) is 9.18 Å². The lowest BCUT2D eigenvalue weighted by Gasteiger charge is -2.05.